The van der Waals surface area contributed by atoms with E-state index in [-0.39, 0.29) is 6.10 Å². The summed E-state index contributed by atoms with van der Waals surface area (Å²) in [6.45, 7) is 5.36. The average molecular weight is 349 g/mol. The number of nitrogens with one attached hydrogen (secondary N) is 2. The molecule has 6 nitrogen and oxygen atoms in total. The molecule has 1 saturated carbocycles. The van der Waals surface area contributed by atoms with Crippen molar-refractivity contribution in [3.63, 3.8) is 0 Å². The predicted molar refractivity (Wildman–Crippen MR) is 100.0 cm³/mol. The van der Waals surface area contributed by atoms with Gasteiger partial charge in [-0.2, -0.15) is 0 Å². The number of aliphatic hydroxyl groups excluding tert-OH is 1. The fourth-order valence-electron chi connectivity index (χ4n) is 2.45. The summed E-state index contributed by atoms with van der Waals surface area (Å²) in [6.07, 6.45) is 2.88. The summed E-state index contributed by atoms with van der Waals surface area (Å²) < 4.78 is 10.5. The van der Waals surface area contributed by atoms with Crippen molar-refractivity contribution < 1.29 is 14.6 Å². The Morgan fingerprint density at radius 1 is 1.28 bits per heavy atom. The predicted octanol–water partition coefficient (Wildman–Crippen LogP) is 1.93. The molecule has 6 heteroatoms. The largest absolute Gasteiger partial charge is 0.497 e. The van der Waals surface area contributed by atoms with E-state index >= 15 is 0 Å². The molecule has 1 aliphatic rings. The third kappa shape index (κ3) is 7.75. The zero-order valence-corrected chi connectivity index (χ0v) is 15.3. The van der Waals surface area contributed by atoms with Gasteiger partial charge in [-0.25, -0.2) is 4.99 Å². The number of methoxy groups -OCH3 is 1. The zero-order chi connectivity index (χ0) is 17.9. The van der Waals surface area contributed by atoms with E-state index in [9.17, 15) is 5.11 Å². The van der Waals surface area contributed by atoms with E-state index in [1.54, 1.807) is 7.11 Å². The van der Waals surface area contributed by atoms with Gasteiger partial charge in [0.2, 0.25) is 0 Å². The van der Waals surface area contributed by atoms with Gasteiger partial charge in [-0.1, -0.05) is 12.1 Å². The van der Waals surface area contributed by atoms with Gasteiger partial charge >= 0.3 is 0 Å². The fourth-order valence-corrected chi connectivity index (χ4v) is 2.45. The van der Waals surface area contributed by atoms with Crippen LogP contribution in [0.3, 0.4) is 0 Å². The minimum Gasteiger partial charge on any atom is -0.497 e. The molecule has 2 rings (SSSR count). The molecule has 1 aromatic rings. The highest BCUT2D eigenvalue weighted by Crippen LogP contribution is 2.32. The molecule has 0 amide bonds. The number of aliphatic hydroxyl groups is 1. The highest BCUT2D eigenvalue weighted by Gasteiger charge is 2.29. The zero-order valence-electron chi connectivity index (χ0n) is 15.3. The van der Waals surface area contributed by atoms with Crippen LogP contribution in [0.25, 0.3) is 0 Å². The first kappa shape index (κ1) is 19.5. The Hall–Kier alpha value is -1.79. The van der Waals surface area contributed by atoms with Crippen LogP contribution >= 0.6 is 0 Å². The third-order valence-electron chi connectivity index (χ3n) is 4.19. The Bertz CT molecular complexity index is 515. The van der Waals surface area contributed by atoms with E-state index in [1.807, 2.05) is 31.2 Å². The Kier molecular flexibility index (Phi) is 8.55. The SMILES string of the molecule is CCOCCCNC(=NCc1ccc(OC)cc1)NC[C@H](O)C1CC1. The molecule has 25 heavy (non-hydrogen) atoms. The first-order valence-electron chi connectivity index (χ1n) is 9.13. The molecule has 140 valence electrons. The van der Waals surface area contributed by atoms with Gasteiger partial charge in [0, 0.05) is 26.3 Å². The molecule has 0 aromatic heterocycles. The second kappa shape index (κ2) is 10.9. The molecule has 0 spiro atoms. The highest BCUT2D eigenvalue weighted by atomic mass is 16.5. The smallest absolute Gasteiger partial charge is 0.191 e. The van der Waals surface area contributed by atoms with E-state index in [4.69, 9.17) is 9.47 Å². The highest BCUT2D eigenvalue weighted by molar-refractivity contribution is 5.79. The lowest BCUT2D eigenvalue weighted by molar-refractivity contribution is 0.145. The molecule has 0 saturated heterocycles. The Morgan fingerprint density at radius 2 is 2.04 bits per heavy atom. The van der Waals surface area contributed by atoms with Gasteiger partial charge in [0.1, 0.15) is 5.75 Å². The van der Waals surface area contributed by atoms with Crippen LogP contribution in [0, 0.1) is 5.92 Å². The van der Waals surface area contributed by atoms with Gasteiger partial charge in [-0.15, -0.1) is 0 Å². The number of ether oxygens (including phenoxy) is 2. The standard InChI is InChI=1S/C19H31N3O3/c1-3-25-12-4-11-20-19(22-14-18(23)16-7-8-16)21-13-15-5-9-17(24-2)10-6-15/h5-6,9-10,16,18,23H,3-4,7-8,11-14H2,1-2H3,(H2,20,21,22)/t18-/m0/s1. The van der Waals surface area contributed by atoms with Gasteiger partial charge in [0.25, 0.3) is 0 Å². The van der Waals surface area contributed by atoms with Crippen molar-refractivity contribution in [2.45, 2.75) is 38.8 Å². The van der Waals surface area contributed by atoms with Crippen molar-refractivity contribution in [2.24, 2.45) is 10.9 Å². The monoisotopic (exact) mass is 349 g/mol. The maximum absolute atomic E-state index is 10.0. The summed E-state index contributed by atoms with van der Waals surface area (Å²) in [5, 5.41) is 16.6. The normalized spacial score (nSPS) is 15.7. The number of hydrogen-bond donors (Lipinski definition) is 3. The molecule has 0 unspecified atom stereocenters. The first-order valence-corrected chi connectivity index (χ1v) is 9.13. The van der Waals surface area contributed by atoms with Crippen molar-refractivity contribution in [3.8, 4) is 5.75 Å². The van der Waals surface area contributed by atoms with E-state index in [0.717, 1.165) is 56.3 Å². The molecule has 1 fully saturated rings. The molecule has 1 aromatic carbocycles. The number of benzene rings is 1. The lowest BCUT2D eigenvalue weighted by atomic mass is 10.2. The van der Waals surface area contributed by atoms with Crippen LogP contribution in [-0.4, -0.2) is 50.6 Å². The first-order chi connectivity index (χ1) is 12.2. The quantitative estimate of drug-likeness (QED) is 0.323. The van der Waals surface area contributed by atoms with Crippen LogP contribution in [0.4, 0.5) is 0 Å². The van der Waals surface area contributed by atoms with Crippen LogP contribution in [-0.2, 0) is 11.3 Å². The van der Waals surface area contributed by atoms with E-state index < -0.39 is 0 Å². The summed E-state index contributed by atoms with van der Waals surface area (Å²) in [7, 11) is 1.66. The molecule has 0 heterocycles. The molecule has 0 aliphatic heterocycles. The summed E-state index contributed by atoms with van der Waals surface area (Å²) in [4.78, 5) is 4.62. The second-order valence-corrected chi connectivity index (χ2v) is 6.28. The van der Waals surface area contributed by atoms with Crippen LogP contribution in [0.15, 0.2) is 29.3 Å². The summed E-state index contributed by atoms with van der Waals surface area (Å²) in [5.41, 5.74) is 1.11. The minimum absolute atomic E-state index is 0.295. The second-order valence-electron chi connectivity index (χ2n) is 6.28. The van der Waals surface area contributed by atoms with Crippen LogP contribution in [0.5, 0.6) is 5.75 Å². The topological polar surface area (TPSA) is 75.1 Å². The van der Waals surface area contributed by atoms with Gasteiger partial charge in [0.15, 0.2) is 5.96 Å². The Balaban J connectivity index is 1.83. The lowest BCUT2D eigenvalue weighted by Gasteiger charge is -2.15. The van der Waals surface area contributed by atoms with Gasteiger partial charge in [-0.3, -0.25) is 0 Å². The van der Waals surface area contributed by atoms with Crippen molar-refractivity contribution >= 4 is 5.96 Å². The summed E-state index contributed by atoms with van der Waals surface area (Å²) in [5.74, 6) is 2.02. The van der Waals surface area contributed by atoms with Crippen molar-refractivity contribution in [2.75, 3.05) is 33.4 Å². The Labute approximate surface area is 150 Å². The minimum atomic E-state index is -0.295. The van der Waals surface area contributed by atoms with Crippen LogP contribution < -0.4 is 15.4 Å². The van der Waals surface area contributed by atoms with Crippen LogP contribution in [0.2, 0.25) is 0 Å². The third-order valence-corrected chi connectivity index (χ3v) is 4.19. The molecule has 3 N–H and O–H groups in total. The molecule has 0 bridgehead atoms. The van der Waals surface area contributed by atoms with Crippen molar-refractivity contribution in [1.82, 2.24) is 10.6 Å². The molecule has 0 radical (unpaired) electrons. The number of guanidine groups is 1. The molecular formula is C19H31N3O3. The summed E-state index contributed by atoms with van der Waals surface area (Å²) >= 11 is 0. The number of rotatable bonds is 11. The lowest BCUT2D eigenvalue weighted by Crippen LogP contribution is -2.42. The van der Waals surface area contributed by atoms with Gasteiger partial charge in [-0.05, 0) is 49.8 Å². The average Bonchev–Trinajstić information content (AvgIpc) is 3.48. The van der Waals surface area contributed by atoms with Crippen molar-refractivity contribution in [3.05, 3.63) is 29.8 Å². The van der Waals surface area contributed by atoms with Gasteiger partial charge in [0.05, 0.1) is 19.8 Å². The Morgan fingerprint density at radius 3 is 2.68 bits per heavy atom. The molecular weight excluding hydrogens is 318 g/mol. The van der Waals surface area contributed by atoms with Crippen molar-refractivity contribution in [1.29, 1.82) is 0 Å². The number of nitrogens with zero attached hydrogens (tertiary/aromatic N) is 1. The van der Waals surface area contributed by atoms with E-state index in [1.165, 1.54) is 0 Å². The number of aliphatic imine (C=N–C) groups is 1. The van der Waals surface area contributed by atoms with Crippen LogP contribution in [0.1, 0.15) is 31.7 Å². The number of hydrogen-bond acceptors (Lipinski definition) is 4. The van der Waals surface area contributed by atoms with E-state index in [0.29, 0.717) is 19.0 Å². The fraction of sp³-hybridized carbons (Fsp3) is 0.632. The maximum Gasteiger partial charge on any atom is 0.191 e. The van der Waals surface area contributed by atoms with E-state index in [2.05, 4.69) is 15.6 Å². The maximum atomic E-state index is 10.0. The molecule has 1 aliphatic carbocycles. The van der Waals surface area contributed by atoms with Gasteiger partial charge < -0.3 is 25.2 Å². The molecule has 1 atom stereocenters. The summed E-state index contributed by atoms with van der Waals surface area (Å²) in [6, 6.07) is 7.89.